The van der Waals surface area contributed by atoms with Gasteiger partial charge in [0.15, 0.2) is 0 Å². The molecule has 2 unspecified atom stereocenters. The van der Waals surface area contributed by atoms with E-state index in [-0.39, 0.29) is 0 Å². The van der Waals surface area contributed by atoms with Crippen molar-refractivity contribution in [2.24, 2.45) is 5.92 Å². The summed E-state index contributed by atoms with van der Waals surface area (Å²) in [5.74, 6) is 3.39. The van der Waals surface area contributed by atoms with E-state index in [1.807, 2.05) is 0 Å². The first-order valence-electron chi connectivity index (χ1n) is 5.18. The van der Waals surface area contributed by atoms with E-state index in [1.165, 1.54) is 37.2 Å². The van der Waals surface area contributed by atoms with E-state index >= 15 is 0 Å². The van der Waals surface area contributed by atoms with Crippen LogP contribution in [0.5, 0.6) is 0 Å². The minimum atomic E-state index is 0.358. The molecule has 2 heteroatoms. The molecule has 0 amide bonds. The van der Waals surface area contributed by atoms with Crippen molar-refractivity contribution in [2.75, 3.05) is 11.5 Å². The van der Waals surface area contributed by atoms with Gasteiger partial charge in [0.2, 0.25) is 0 Å². The highest BCUT2D eigenvalue weighted by atomic mass is 32.2. The highest BCUT2D eigenvalue weighted by Crippen LogP contribution is 2.25. The Labute approximate surface area is 85.9 Å². The average Bonchev–Trinajstić information content (AvgIpc) is 2.03. The maximum Gasteiger partial charge on any atom is 0.0978 e. The van der Waals surface area contributed by atoms with Crippen molar-refractivity contribution in [1.82, 2.24) is 0 Å². The standard InChI is InChI=1S/C11H20OS/c1-3-12-10(2)11-6-4-5-8-13-9-7-11/h3,10-11H,1,4-9H2,2H3. The quantitative estimate of drug-likeness (QED) is 0.645. The molecule has 0 saturated carbocycles. The normalized spacial score (nSPS) is 27.0. The fraction of sp³-hybridized carbons (Fsp3) is 0.818. The smallest absolute Gasteiger partial charge is 0.0978 e. The third kappa shape index (κ3) is 4.08. The molecule has 0 N–H and O–H groups in total. The zero-order valence-electron chi connectivity index (χ0n) is 8.50. The van der Waals surface area contributed by atoms with E-state index in [9.17, 15) is 0 Å². The monoisotopic (exact) mass is 200 g/mol. The van der Waals surface area contributed by atoms with E-state index < -0.39 is 0 Å². The first kappa shape index (κ1) is 11.0. The van der Waals surface area contributed by atoms with E-state index in [0.717, 1.165) is 5.92 Å². The van der Waals surface area contributed by atoms with Gasteiger partial charge < -0.3 is 4.74 Å². The largest absolute Gasteiger partial charge is 0.499 e. The molecule has 1 aliphatic rings. The van der Waals surface area contributed by atoms with E-state index in [1.54, 1.807) is 6.26 Å². The summed E-state index contributed by atoms with van der Waals surface area (Å²) in [5.41, 5.74) is 0. The third-order valence-electron chi connectivity index (χ3n) is 2.72. The summed E-state index contributed by atoms with van der Waals surface area (Å²) < 4.78 is 5.43. The Morgan fingerprint density at radius 3 is 3.00 bits per heavy atom. The van der Waals surface area contributed by atoms with Gasteiger partial charge in [-0.1, -0.05) is 13.0 Å². The Morgan fingerprint density at radius 2 is 2.23 bits per heavy atom. The van der Waals surface area contributed by atoms with Crippen molar-refractivity contribution < 1.29 is 4.74 Å². The Kier molecular flexibility index (Phi) is 5.37. The summed E-state index contributed by atoms with van der Waals surface area (Å²) in [4.78, 5) is 0. The topological polar surface area (TPSA) is 9.23 Å². The van der Waals surface area contributed by atoms with Crippen LogP contribution in [0, 0.1) is 5.92 Å². The summed E-state index contributed by atoms with van der Waals surface area (Å²) >= 11 is 2.09. The summed E-state index contributed by atoms with van der Waals surface area (Å²) in [6.45, 7) is 5.78. The third-order valence-corrected chi connectivity index (χ3v) is 3.82. The second kappa shape index (κ2) is 6.36. The molecular formula is C11H20OS. The van der Waals surface area contributed by atoms with Crippen LogP contribution in [0.1, 0.15) is 32.6 Å². The van der Waals surface area contributed by atoms with Gasteiger partial charge in [0.1, 0.15) is 0 Å². The van der Waals surface area contributed by atoms with Crippen LogP contribution in [0.4, 0.5) is 0 Å². The van der Waals surface area contributed by atoms with Crippen molar-refractivity contribution >= 4 is 11.8 Å². The number of rotatable bonds is 3. The molecule has 0 radical (unpaired) electrons. The van der Waals surface area contributed by atoms with Gasteiger partial charge in [0.05, 0.1) is 12.4 Å². The highest BCUT2D eigenvalue weighted by Gasteiger charge is 2.18. The fourth-order valence-electron chi connectivity index (χ4n) is 1.82. The Balaban J connectivity index is 2.31. The van der Waals surface area contributed by atoms with Crippen LogP contribution in [0.15, 0.2) is 12.8 Å². The molecule has 1 rings (SSSR count). The second-order valence-electron chi connectivity index (χ2n) is 3.66. The molecule has 0 spiro atoms. The molecule has 0 aliphatic carbocycles. The summed E-state index contributed by atoms with van der Waals surface area (Å²) in [6, 6.07) is 0. The highest BCUT2D eigenvalue weighted by molar-refractivity contribution is 7.99. The zero-order valence-corrected chi connectivity index (χ0v) is 9.31. The Hall–Kier alpha value is -0.110. The molecule has 0 bridgehead atoms. The van der Waals surface area contributed by atoms with Gasteiger partial charge >= 0.3 is 0 Å². The van der Waals surface area contributed by atoms with Crippen molar-refractivity contribution in [3.05, 3.63) is 12.8 Å². The molecule has 1 fully saturated rings. The van der Waals surface area contributed by atoms with E-state index in [0.29, 0.717) is 6.10 Å². The van der Waals surface area contributed by atoms with Crippen molar-refractivity contribution in [2.45, 2.75) is 38.7 Å². The van der Waals surface area contributed by atoms with Gasteiger partial charge in [-0.3, -0.25) is 0 Å². The lowest BCUT2D eigenvalue weighted by molar-refractivity contribution is 0.0947. The van der Waals surface area contributed by atoms with E-state index in [4.69, 9.17) is 4.74 Å². The first-order chi connectivity index (χ1) is 6.34. The van der Waals surface area contributed by atoms with Gasteiger partial charge in [-0.25, -0.2) is 0 Å². The lowest BCUT2D eigenvalue weighted by Gasteiger charge is -2.24. The van der Waals surface area contributed by atoms with Crippen LogP contribution >= 0.6 is 11.8 Å². The molecule has 1 nitrogen and oxygen atoms in total. The number of ether oxygens (including phenoxy) is 1. The van der Waals surface area contributed by atoms with Crippen molar-refractivity contribution in [3.8, 4) is 0 Å². The predicted molar refractivity (Wildman–Crippen MR) is 60.0 cm³/mol. The summed E-state index contributed by atoms with van der Waals surface area (Å²) in [6.07, 6.45) is 7.31. The van der Waals surface area contributed by atoms with Gasteiger partial charge in [-0.2, -0.15) is 11.8 Å². The second-order valence-corrected chi connectivity index (χ2v) is 4.89. The minimum Gasteiger partial charge on any atom is -0.499 e. The maximum absolute atomic E-state index is 5.43. The Morgan fingerprint density at radius 1 is 1.38 bits per heavy atom. The molecule has 2 atom stereocenters. The molecule has 0 aromatic carbocycles. The Bertz CT molecular complexity index is 139. The zero-order chi connectivity index (χ0) is 9.52. The lowest BCUT2D eigenvalue weighted by Crippen LogP contribution is -2.20. The van der Waals surface area contributed by atoms with Crippen LogP contribution in [0.3, 0.4) is 0 Å². The van der Waals surface area contributed by atoms with Gasteiger partial charge in [0.25, 0.3) is 0 Å². The van der Waals surface area contributed by atoms with Crippen LogP contribution in [0.25, 0.3) is 0 Å². The molecule has 13 heavy (non-hydrogen) atoms. The van der Waals surface area contributed by atoms with Crippen molar-refractivity contribution in [1.29, 1.82) is 0 Å². The van der Waals surface area contributed by atoms with Crippen LogP contribution in [-0.2, 0) is 4.74 Å². The molecule has 0 aromatic rings. The van der Waals surface area contributed by atoms with Crippen LogP contribution < -0.4 is 0 Å². The molecule has 1 saturated heterocycles. The summed E-state index contributed by atoms with van der Waals surface area (Å²) in [7, 11) is 0. The van der Waals surface area contributed by atoms with Crippen LogP contribution in [-0.4, -0.2) is 17.6 Å². The molecule has 0 aromatic heterocycles. The van der Waals surface area contributed by atoms with Crippen molar-refractivity contribution in [3.63, 3.8) is 0 Å². The fourth-order valence-corrected chi connectivity index (χ4v) is 2.91. The average molecular weight is 200 g/mol. The van der Waals surface area contributed by atoms with Gasteiger partial charge in [0, 0.05) is 0 Å². The SMILES string of the molecule is C=COC(C)C1CCCCSCC1. The first-order valence-corrected chi connectivity index (χ1v) is 6.34. The molecule has 1 heterocycles. The minimum absolute atomic E-state index is 0.358. The van der Waals surface area contributed by atoms with Gasteiger partial charge in [-0.15, -0.1) is 0 Å². The van der Waals surface area contributed by atoms with E-state index in [2.05, 4.69) is 25.3 Å². The molecule has 76 valence electrons. The predicted octanol–water partition coefficient (Wildman–Crippen LogP) is 3.46. The molecular weight excluding hydrogens is 180 g/mol. The number of hydrogen-bond donors (Lipinski definition) is 0. The number of thioether (sulfide) groups is 1. The lowest BCUT2D eigenvalue weighted by atomic mass is 9.94. The number of hydrogen-bond acceptors (Lipinski definition) is 2. The summed E-state index contributed by atoms with van der Waals surface area (Å²) in [5, 5.41) is 0. The van der Waals surface area contributed by atoms with Crippen LogP contribution in [0.2, 0.25) is 0 Å². The maximum atomic E-state index is 5.43. The molecule has 1 aliphatic heterocycles. The van der Waals surface area contributed by atoms with Gasteiger partial charge in [-0.05, 0) is 43.6 Å².